The van der Waals surface area contributed by atoms with Crippen LogP contribution in [0.5, 0.6) is 5.75 Å². The molecule has 0 saturated carbocycles. The van der Waals surface area contributed by atoms with Crippen LogP contribution in [0.2, 0.25) is 0 Å². The number of aliphatic hydroxyl groups is 1. The van der Waals surface area contributed by atoms with E-state index >= 15 is 0 Å². The lowest BCUT2D eigenvalue weighted by Crippen LogP contribution is -1.99. The van der Waals surface area contributed by atoms with E-state index in [-0.39, 0.29) is 12.4 Å². The molecule has 3 aromatic rings. The number of aryl methyl sites for hydroxylation is 3. The van der Waals surface area contributed by atoms with E-state index in [1.54, 1.807) is 0 Å². The minimum atomic E-state index is -0.273. The second kappa shape index (κ2) is 10.8. The Labute approximate surface area is 185 Å². The molecule has 0 heterocycles. The first-order chi connectivity index (χ1) is 15.0. The second-order valence-corrected chi connectivity index (χ2v) is 8.02. The third kappa shape index (κ3) is 5.99. The molecule has 0 amide bonds. The van der Waals surface area contributed by atoms with Crippen molar-refractivity contribution in [3.8, 4) is 28.0 Å². The molecular formula is C28H32O3. The summed E-state index contributed by atoms with van der Waals surface area (Å²) in [5.74, 6) is 0.724. The van der Waals surface area contributed by atoms with Crippen LogP contribution in [0, 0.1) is 13.8 Å². The van der Waals surface area contributed by atoms with Gasteiger partial charge in [-0.15, -0.1) is 0 Å². The third-order valence-electron chi connectivity index (χ3n) is 5.49. The molecule has 3 aromatic carbocycles. The van der Waals surface area contributed by atoms with Crippen LogP contribution < -0.4 is 4.89 Å². The minimum absolute atomic E-state index is 0.166. The van der Waals surface area contributed by atoms with Crippen molar-refractivity contribution in [1.29, 1.82) is 0 Å². The lowest BCUT2D eigenvalue weighted by Gasteiger charge is -2.13. The number of hydrogen-bond donors (Lipinski definition) is 1. The Kier molecular flexibility index (Phi) is 7.91. The summed E-state index contributed by atoms with van der Waals surface area (Å²) in [6.45, 7) is 9.85. The fourth-order valence-corrected chi connectivity index (χ4v) is 3.76. The molecule has 0 saturated heterocycles. The van der Waals surface area contributed by atoms with Gasteiger partial charge in [0, 0.05) is 0 Å². The fraction of sp³-hybridized carbons (Fsp3) is 0.286. The van der Waals surface area contributed by atoms with Crippen molar-refractivity contribution < 1.29 is 14.9 Å². The molecule has 3 rings (SSSR count). The van der Waals surface area contributed by atoms with Gasteiger partial charge < -0.3 is 5.11 Å². The van der Waals surface area contributed by atoms with Crippen molar-refractivity contribution in [3.05, 3.63) is 89.7 Å². The van der Waals surface area contributed by atoms with Crippen LogP contribution in [-0.4, -0.2) is 11.7 Å². The molecule has 1 N–H and O–H groups in total. The maximum atomic E-state index is 8.91. The number of rotatable bonds is 10. The Balaban J connectivity index is 1.75. The summed E-state index contributed by atoms with van der Waals surface area (Å²) >= 11 is 0. The van der Waals surface area contributed by atoms with E-state index in [0.717, 1.165) is 12.0 Å². The molecule has 0 unspecified atom stereocenters. The molecule has 162 valence electrons. The second-order valence-electron chi connectivity index (χ2n) is 8.02. The summed E-state index contributed by atoms with van der Waals surface area (Å²) in [4.78, 5) is 10.1. The SMILES string of the molecule is C=C(CO)OOc1ccc(-c2ccc(-c3ccc(CCCCC)cc3C)cc2C)cc1. The largest absolute Gasteiger partial charge is 0.388 e. The lowest BCUT2D eigenvalue weighted by molar-refractivity contribution is -0.172. The van der Waals surface area contributed by atoms with Crippen molar-refractivity contribution >= 4 is 0 Å². The number of aliphatic hydroxyl groups excluding tert-OH is 1. The predicted molar refractivity (Wildman–Crippen MR) is 128 cm³/mol. The molecule has 0 aliphatic carbocycles. The van der Waals surface area contributed by atoms with Gasteiger partial charge in [-0.2, -0.15) is 0 Å². The Bertz CT molecular complexity index is 1020. The van der Waals surface area contributed by atoms with Gasteiger partial charge in [0.25, 0.3) is 0 Å². The summed E-state index contributed by atoms with van der Waals surface area (Å²) in [6.07, 6.45) is 4.96. The van der Waals surface area contributed by atoms with Crippen LogP contribution in [0.25, 0.3) is 22.3 Å². The van der Waals surface area contributed by atoms with Gasteiger partial charge in [0.1, 0.15) is 6.61 Å². The van der Waals surface area contributed by atoms with Gasteiger partial charge in [-0.1, -0.05) is 74.9 Å². The predicted octanol–water partition coefficient (Wildman–Crippen LogP) is 7.19. The first-order valence-corrected chi connectivity index (χ1v) is 11.0. The van der Waals surface area contributed by atoms with Gasteiger partial charge in [-0.3, -0.25) is 9.78 Å². The lowest BCUT2D eigenvalue weighted by atomic mass is 9.92. The monoisotopic (exact) mass is 416 g/mol. The maximum Gasteiger partial charge on any atom is 0.178 e. The highest BCUT2D eigenvalue weighted by atomic mass is 17.2. The third-order valence-corrected chi connectivity index (χ3v) is 5.49. The first-order valence-electron chi connectivity index (χ1n) is 11.0. The average Bonchev–Trinajstić information content (AvgIpc) is 2.78. The molecule has 0 aliphatic rings. The highest BCUT2D eigenvalue weighted by Crippen LogP contribution is 2.31. The number of unbranched alkanes of at least 4 members (excludes halogenated alkanes) is 2. The van der Waals surface area contributed by atoms with Crippen molar-refractivity contribution in [1.82, 2.24) is 0 Å². The van der Waals surface area contributed by atoms with E-state index in [4.69, 9.17) is 14.9 Å². The zero-order valence-electron chi connectivity index (χ0n) is 18.8. The van der Waals surface area contributed by atoms with Gasteiger partial charge in [-0.05, 0) is 77.8 Å². The Morgan fingerprint density at radius 2 is 1.48 bits per heavy atom. The van der Waals surface area contributed by atoms with Gasteiger partial charge in [-0.25, -0.2) is 0 Å². The van der Waals surface area contributed by atoms with Crippen LogP contribution in [0.4, 0.5) is 0 Å². The molecule has 3 heteroatoms. The van der Waals surface area contributed by atoms with Crippen molar-refractivity contribution in [2.75, 3.05) is 6.61 Å². The van der Waals surface area contributed by atoms with Gasteiger partial charge in [0.2, 0.25) is 0 Å². The van der Waals surface area contributed by atoms with Crippen LogP contribution >= 0.6 is 0 Å². The van der Waals surface area contributed by atoms with Gasteiger partial charge >= 0.3 is 0 Å². The quantitative estimate of drug-likeness (QED) is 0.165. The molecule has 0 aromatic heterocycles. The highest BCUT2D eigenvalue weighted by molar-refractivity contribution is 5.75. The Hall–Kier alpha value is -3.04. The van der Waals surface area contributed by atoms with Gasteiger partial charge in [0.05, 0.1) is 0 Å². The average molecular weight is 417 g/mol. The van der Waals surface area contributed by atoms with Crippen LogP contribution in [-0.2, 0) is 11.3 Å². The maximum absolute atomic E-state index is 8.91. The molecule has 0 radical (unpaired) electrons. The molecule has 31 heavy (non-hydrogen) atoms. The molecule has 0 fully saturated rings. The van der Waals surface area contributed by atoms with Crippen molar-refractivity contribution in [3.63, 3.8) is 0 Å². The minimum Gasteiger partial charge on any atom is -0.388 e. The summed E-state index contributed by atoms with van der Waals surface area (Å²) in [5.41, 5.74) is 8.81. The molecule has 0 atom stereocenters. The summed E-state index contributed by atoms with van der Waals surface area (Å²) < 4.78 is 0. The molecule has 3 nitrogen and oxygen atoms in total. The Morgan fingerprint density at radius 3 is 2.13 bits per heavy atom. The van der Waals surface area contributed by atoms with Crippen LogP contribution in [0.3, 0.4) is 0 Å². The number of hydrogen-bond acceptors (Lipinski definition) is 3. The van der Waals surface area contributed by atoms with E-state index in [0.29, 0.717) is 5.75 Å². The van der Waals surface area contributed by atoms with E-state index in [9.17, 15) is 0 Å². The van der Waals surface area contributed by atoms with E-state index in [1.165, 1.54) is 52.6 Å². The van der Waals surface area contributed by atoms with Crippen molar-refractivity contribution in [2.24, 2.45) is 0 Å². The summed E-state index contributed by atoms with van der Waals surface area (Å²) in [5, 5.41) is 8.91. The van der Waals surface area contributed by atoms with E-state index < -0.39 is 0 Å². The normalized spacial score (nSPS) is 10.7. The highest BCUT2D eigenvalue weighted by Gasteiger charge is 2.08. The van der Waals surface area contributed by atoms with E-state index in [2.05, 4.69) is 63.7 Å². The van der Waals surface area contributed by atoms with Crippen molar-refractivity contribution in [2.45, 2.75) is 46.5 Å². The molecular weight excluding hydrogens is 384 g/mol. The summed E-state index contributed by atoms with van der Waals surface area (Å²) in [7, 11) is 0. The number of benzene rings is 3. The van der Waals surface area contributed by atoms with Crippen LogP contribution in [0.15, 0.2) is 73.0 Å². The van der Waals surface area contributed by atoms with E-state index in [1.807, 2.05) is 24.3 Å². The molecule has 0 aliphatic heterocycles. The zero-order chi connectivity index (χ0) is 22.2. The fourth-order valence-electron chi connectivity index (χ4n) is 3.76. The smallest absolute Gasteiger partial charge is 0.178 e. The van der Waals surface area contributed by atoms with Gasteiger partial charge in [0.15, 0.2) is 11.5 Å². The van der Waals surface area contributed by atoms with Crippen LogP contribution in [0.1, 0.15) is 42.9 Å². The molecule has 0 spiro atoms. The first kappa shape index (κ1) is 22.6. The zero-order valence-corrected chi connectivity index (χ0v) is 18.8. The summed E-state index contributed by atoms with van der Waals surface area (Å²) in [6, 6.07) is 21.2. The molecule has 0 bridgehead atoms. The topological polar surface area (TPSA) is 38.7 Å². The standard InChI is InChI=1S/C28H32O3/c1-5-6-7-8-23-9-15-28(20(2)17-23)25-12-16-27(21(3)18-25)24-10-13-26(14-11-24)31-30-22(4)19-29/h9-18,29H,4-8,19H2,1-3H3. The Morgan fingerprint density at radius 1 is 0.839 bits per heavy atom.